The fourth-order valence-corrected chi connectivity index (χ4v) is 9.95. The number of amides is 1. The summed E-state index contributed by atoms with van der Waals surface area (Å²) < 4.78 is 23.3. The third kappa shape index (κ3) is 5.75. The van der Waals surface area contributed by atoms with Crippen molar-refractivity contribution in [3.63, 3.8) is 0 Å². The number of hydrogen-bond donors (Lipinski definition) is 3. The lowest BCUT2D eigenvalue weighted by atomic mass is 9.77. The molecule has 2 unspecified atom stereocenters. The summed E-state index contributed by atoms with van der Waals surface area (Å²) in [4.78, 5) is 36.5. The van der Waals surface area contributed by atoms with E-state index in [1.807, 2.05) is 14.9 Å². The van der Waals surface area contributed by atoms with Gasteiger partial charge in [0.1, 0.15) is 14.7 Å². The van der Waals surface area contributed by atoms with Crippen LogP contribution in [0.2, 0.25) is 18.1 Å². The lowest BCUT2D eigenvalue weighted by Gasteiger charge is -2.49. The summed E-state index contributed by atoms with van der Waals surface area (Å²) >= 11 is 0. The largest absolute Gasteiger partial charge is 0.428 e. The van der Waals surface area contributed by atoms with Gasteiger partial charge in [0.05, 0.1) is 18.1 Å². The van der Waals surface area contributed by atoms with E-state index in [2.05, 4.69) is 47.9 Å². The van der Waals surface area contributed by atoms with Crippen LogP contribution in [0.3, 0.4) is 0 Å². The van der Waals surface area contributed by atoms with Crippen LogP contribution in [0.1, 0.15) is 34.6 Å². The van der Waals surface area contributed by atoms with Crippen LogP contribution >= 0.6 is 17.5 Å². The lowest BCUT2D eigenvalue weighted by molar-refractivity contribution is -0.161. The van der Waals surface area contributed by atoms with Gasteiger partial charge < -0.3 is 18.8 Å². The molecule has 0 aromatic heterocycles. The highest BCUT2D eigenvalue weighted by molar-refractivity contribution is 7.47. The molecule has 0 bridgehead atoms. The van der Waals surface area contributed by atoms with Crippen LogP contribution in [-0.4, -0.2) is 90.2 Å². The first-order valence-electron chi connectivity index (χ1n) is 13.4. The van der Waals surface area contributed by atoms with Gasteiger partial charge in [0.15, 0.2) is 24.3 Å². The van der Waals surface area contributed by atoms with E-state index in [1.54, 1.807) is 12.9 Å². The first-order valence-corrected chi connectivity index (χ1v) is 18.0. The van der Waals surface area contributed by atoms with Crippen molar-refractivity contribution in [1.82, 2.24) is 25.1 Å². The molecular weight excluding hydrogens is 530 g/mol. The molecule has 4 rings (SSSR count). The smallest absolute Gasteiger partial charge is 0.358 e. The maximum absolute atomic E-state index is 13.5. The number of nitrogens with zero attached hydrogens (tertiary/aromatic N) is 2. The second-order valence-electron chi connectivity index (χ2n) is 10.3. The highest BCUT2D eigenvalue weighted by Gasteiger charge is 2.61. The molecule has 0 aromatic carbocycles. The third-order valence-electron chi connectivity index (χ3n) is 8.40. The van der Waals surface area contributed by atoms with Crippen molar-refractivity contribution >= 4 is 53.6 Å². The van der Waals surface area contributed by atoms with Crippen LogP contribution in [0, 0.1) is 11.8 Å². The van der Waals surface area contributed by atoms with E-state index in [1.165, 1.54) is 0 Å². The second kappa shape index (κ2) is 12.4. The normalized spacial score (nSPS) is 31.3. The minimum Gasteiger partial charge on any atom is -0.428 e. The fourth-order valence-electron chi connectivity index (χ4n) is 6.03. The molecule has 206 valence electrons. The zero-order chi connectivity index (χ0) is 26.9. The van der Waals surface area contributed by atoms with Gasteiger partial charge in [0.2, 0.25) is 12.3 Å². The van der Waals surface area contributed by atoms with Crippen molar-refractivity contribution in [2.75, 3.05) is 19.6 Å². The molecule has 0 aromatic rings. The molecule has 3 saturated heterocycles. The van der Waals surface area contributed by atoms with E-state index in [0.717, 1.165) is 36.8 Å². The van der Waals surface area contributed by atoms with Crippen LogP contribution in [0.4, 0.5) is 0 Å². The summed E-state index contributed by atoms with van der Waals surface area (Å²) in [7, 11) is 0.566. The maximum atomic E-state index is 13.5. The summed E-state index contributed by atoms with van der Waals surface area (Å²) in [6, 6.07) is 3.31. The van der Waals surface area contributed by atoms with Crippen LogP contribution in [-0.2, 0) is 27.6 Å². The van der Waals surface area contributed by atoms with Gasteiger partial charge in [-0.25, -0.2) is 4.79 Å². The van der Waals surface area contributed by atoms with Gasteiger partial charge in [-0.15, -0.1) is 0 Å². The van der Waals surface area contributed by atoms with Gasteiger partial charge in [0.25, 0.3) is 8.53 Å². The Kier molecular flexibility index (Phi) is 9.93. The molecule has 1 amide bonds. The number of likely N-dealkylation sites (tertiary alicyclic amines) is 1. The first kappa shape index (κ1) is 29.6. The van der Waals surface area contributed by atoms with Crippen molar-refractivity contribution < 1.29 is 27.6 Å². The van der Waals surface area contributed by atoms with Crippen molar-refractivity contribution in [3.8, 4) is 0 Å². The first-order chi connectivity index (χ1) is 17.7. The fraction of sp³-hybridized carbons (Fsp3) is 0.810. The van der Waals surface area contributed by atoms with Gasteiger partial charge in [-0.2, -0.15) is 0 Å². The average molecular weight is 571 g/mol. The molecule has 0 radical (unpaired) electrons. The SMILES string of the molecule is BNPOC(=O)C1=C(CN2CC(NC3OP(NB)O3)C2)[C@H](C)[C@@H]2C([C@@H](C)O[Si](CC)(CC)CC)C(=O)N12. The average Bonchev–Trinajstić information content (AvgIpc) is 3.08. The molecular formula is C21H41B2N5O6P2Si. The Morgan fingerprint density at radius 3 is 2.46 bits per heavy atom. The zero-order valence-corrected chi connectivity index (χ0v) is 25.9. The molecule has 0 saturated carbocycles. The number of nitrogens with one attached hydrogen (secondary N) is 3. The zero-order valence-electron chi connectivity index (χ0n) is 23.0. The summed E-state index contributed by atoms with van der Waals surface area (Å²) in [5, 5.41) is 3.34. The predicted octanol–water partition coefficient (Wildman–Crippen LogP) is 0.286. The van der Waals surface area contributed by atoms with Crippen LogP contribution < -0.4 is 15.3 Å². The topological polar surface area (TPSA) is 114 Å². The number of carbonyl (C=O) groups is 2. The Labute approximate surface area is 226 Å². The monoisotopic (exact) mass is 571 g/mol. The predicted molar refractivity (Wildman–Crippen MR) is 152 cm³/mol. The highest BCUT2D eigenvalue weighted by Crippen LogP contribution is 2.49. The quantitative estimate of drug-likeness (QED) is 0.153. The van der Waals surface area contributed by atoms with Crippen molar-refractivity contribution in [2.24, 2.45) is 11.8 Å². The molecule has 4 aliphatic rings. The molecule has 11 nitrogen and oxygen atoms in total. The van der Waals surface area contributed by atoms with E-state index in [0.29, 0.717) is 12.2 Å². The highest BCUT2D eigenvalue weighted by atomic mass is 31.2. The van der Waals surface area contributed by atoms with E-state index in [-0.39, 0.29) is 51.3 Å². The van der Waals surface area contributed by atoms with Gasteiger partial charge in [-0.05, 0) is 30.6 Å². The molecule has 0 spiro atoms. The van der Waals surface area contributed by atoms with Gasteiger partial charge in [-0.1, -0.05) is 27.7 Å². The minimum absolute atomic E-state index is 0.0197. The van der Waals surface area contributed by atoms with Gasteiger partial charge >= 0.3 is 5.97 Å². The standard InChI is InChI=1S/C21H41B2N5O6P2Si/c1-6-37(7-2,8-3)34-13(5)16-17-12(4)15(18(28(17)19(16)29)20(30)31-35-25-22)11-27-9-14(10-27)24-21-32-36(26-23)33-21/h12-14,16-17,21,24-26,35H,6-11,22-23H2,1-5H3/t12-,13+,16?,17+,21?,36?/m0/s1. The van der Waals surface area contributed by atoms with Crippen LogP contribution in [0.15, 0.2) is 11.3 Å². The molecule has 4 heterocycles. The minimum atomic E-state index is -1.87. The third-order valence-corrected chi connectivity index (χ3v) is 14.8. The van der Waals surface area contributed by atoms with Crippen molar-refractivity contribution in [2.45, 2.75) is 77.4 Å². The molecule has 37 heavy (non-hydrogen) atoms. The molecule has 16 heteroatoms. The second-order valence-corrected chi connectivity index (χ2v) is 17.3. The molecule has 4 aliphatic heterocycles. The van der Waals surface area contributed by atoms with Crippen molar-refractivity contribution in [3.05, 3.63) is 11.3 Å². The van der Waals surface area contributed by atoms with Gasteiger partial charge in [0, 0.05) is 31.6 Å². The van der Waals surface area contributed by atoms with E-state index >= 15 is 0 Å². The number of hydrogen-bond acceptors (Lipinski definition) is 10. The molecule has 0 aliphatic carbocycles. The summed E-state index contributed by atoms with van der Waals surface area (Å²) in [6.07, 6.45) is -0.531. The van der Waals surface area contributed by atoms with Crippen LogP contribution in [0.5, 0.6) is 0 Å². The Balaban J connectivity index is 1.43. The molecule has 5 atom stereocenters. The Morgan fingerprint density at radius 2 is 1.89 bits per heavy atom. The van der Waals surface area contributed by atoms with E-state index < -0.39 is 22.8 Å². The molecule has 3 fully saturated rings. The Hall–Kier alpha value is -0.393. The van der Waals surface area contributed by atoms with Gasteiger partial charge in [-0.3, -0.25) is 29.1 Å². The van der Waals surface area contributed by atoms with Crippen molar-refractivity contribution in [1.29, 1.82) is 0 Å². The Bertz CT molecular complexity index is 885. The number of carbonyl (C=O) groups excluding carboxylic acids is 2. The molecule has 3 N–H and O–H groups in total. The van der Waals surface area contributed by atoms with Crippen LogP contribution in [0.25, 0.3) is 0 Å². The number of fused-ring (bicyclic) bond motifs is 1. The lowest BCUT2D eigenvalue weighted by Crippen LogP contribution is -2.65. The van der Waals surface area contributed by atoms with E-state index in [9.17, 15) is 9.59 Å². The maximum Gasteiger partial charge on any atom is 0.358 e. The Morgan fingerprint density at radius 1 is 1.24 bits per heavy atom. The summed E-state index contributed by atoms with van der Waals surface area (Å²) in [5.74, 6) is -0.628. The summed E-state index contributed by atoms with van der Waals surface area (Å²) in [5.41, 5.74) is 1.41. The summed E-state index contributed by atoms with van der Waals surface area (Å²) in [6.45, 7) is 13.0. The number of rotatable bonds is 14. The number of β-lactam (4-membered cyclic amide) rings is 1. The van der Waals surface area contributed by atoms with E-state index in [4.69, 9.17) is 18.0 Å².